The Balaban J connectivity index is 2.63. The highest BCUT2D eigenvalue weighted by atomic mass is 16.5. The lowest BCUT2D eigenvalue weighted by atomic mass is 10.2. The molecule has 1 unspecified atom stereocenters. The third kappa shape index (κ3) is 5.36. The predicted molar refractivity (Wildman–Crippen MR) is 75.1 cm³/mol. The zero-order valence-electron chi connectivity index (χ0n) is 11.8. The number of nitrogens with one attached hydrogen (secondary N) is 1. The van der Waals surface area contributed by atoms with Gasteiger partial charge in [0, 0.05) is 25.4 Å². The van der Waals surface area contributed by atoms with Gasteiger partial charge in [0.15, 0.2) is 11.5 Å². The van der Waals surface area contributed by atoms with Crippen molar-refractivity contribution in [2.45, 2.75) is 6.92 Å². The van der Waals surface area contributed by atoms with Crippen LogP contribution in [-0.4, -0.2) is 45.7 Å². The van der Waals surface area contributed by atoms with Gasteiger partial charge in [0.25, 0.3) is 0 Å². The molecule has 0 heterocycles. The van der Waals surface area contributed by atoms with Gasteiger partial charge in [0.05, 0.1) is 20.3 Å². The average Bonchev–Trinajstić information content (AvgIpc) is 2.43. The number of hydrogen-bond donors (Lipinski definition) is 2. The molecule has 0 radical (unpaired) electrons. The van der Waals surface area contributed by atoms with E-state index >= 15 is 0 Å². The van der Waals surface area contributed by atoms with Gasteiger partial charge in [-0.2, -0.15) is 0 Å². The highest BCUT2D eigenvalue weighted by molar-refractivity contribution is 5.54. The van der Waals surface area contributed by atoms with Crippen LogP contribution in [0.25, 0.3) is 0 Å². The summed E-state index contributed by atoms with van der Waals surface area (Å²) >= 11 is 0. The second-order valence-corrected chi connectivity index (χ2v) is 4.38. The molecular formula is C14H23NO4. The van der Waals surface area contributed by atoms with Gasteiger partial charge in [-0.25, -0.2) is 0 Å². The van der Waals surface area contributed by atoms with Gasteiger partial charge in [0.1, 0.15) is 6.61 Å². The van der Waals surface area contributed by atoms with Crippen molar-refractivity contribution >= 4 is 5.69 Å². The lowest BCUT2D eigenvalue weighted by molar-refractivity contribution is 0.164. The summed E-state index contributed by atoms with van der Waals surface area (Å²) in [6, 6.07) is 5.65. The fraction of sp³-hybridized carbons (Fsp3) is 0.571. The number of aliphatic hydroxyl groups is 1. The molecule has 1 aromatic carbocycles. The molecule has 19 heavy (non-hydrogen) atoms. The maximum Gasteiger partial charge on any atom is 0.163 e. The summed E-state index contributed by atoms with van der Waals surface area (Å²) in [5.41, 5.74) is 0.955. The second-order valence-electron chi connectivity index (χ2n) is 4.38. The van der Waals surface area contributed by atoms with Crippen LogP contribution in [0.4, 0.5) is 5.69 Å². The highest BCUT2D eigenvalue weighted by Gasteiger charge is 2.07. The molecule has 2 N–H and O–H groups in total. The van der Waals surface area contributed by atoms with Gasteiger partial charge in [-0.3, -0.25) is 0 Å². The van der Waals surface area contributed by atoms with Gasteiger partial charge < -0.3 is 24.6 Å². The molecule has 0 aliphatic heterocycles. The number of rotatable bonds is 9. The van der Waals surface area contributed by atoms with E-state index in [1.165, 1.54) is 0 Å². The topological polar surface area (TPSA) is 60.0 Å². The smallest absolute Gasteiger partial charge is 0.163 e. The monoisotopic (exact) mass is 269 g/mol. The zero-order chi connectivity index (χ0) is 14.1. The first-order valence-electron chi connectivity index (χ1n) is 6.35. The molecule has 0 fully saturated rings. The fourth-order valence-corrected chi connectivity index (χ4v) is 1.69. The van der Waals surface area contributed by atoms with Crippen molar-refractivity contribution in [3.05, 3.63) is 18.2 Å². The van der Waals surface area contributed by atoms with E-state index < -0.39 is 0 Å². The summed E-state index contributed by atoms with van der Waals surface area (Å²) in [5.74, 6) is 1.71. The van der Waals surface area contributed by atoms with Gasteiger partial charge in [-0.1, -0.05) is 6.92 Å². The van der Waals surface area contributed by atoms with Crippen molar-refractivity contribution in [3.8, 4) is 11.5 Å². The summed E-state index contributed by atoms with van der Waals surface area (Å²) in [6.45, 7) is 3.88. The van der Waals surface area contributed by atoms with E-state index in [2.05, 4.69) is 12.2 Å². The van der Waals surface area contributed by atoms with Gasteiger partial charge in [-0.05, 0) is 18.1 Å². The number of hydrogen-bond acceptors (Lipinski definition) is 5. The minimum Gasteiger partial charge on any atom is -0.493 e. The normalized spacial score (nSPS) is 12.0. The summed E-state index contributed by atoms with van der Waals surface area (Å²) in [5, 5.41) is 12.1. The van der Waals surface area contributed by atoms with Gasteiger partial charge in [-0.15, -0.1) is 0 Å². The Kier molecular flexibility index (Phi) is 7.07. The molecule has 0 saturated heterocycles. The van der Waals surface area contributed by atoms with Crippen LogP contribution in [0.3, 0.4) is 0 Å². The quantitative estimate of drug-likeness (QED) is 0.715. The maximum atomic E-state index is 8.80. The van der Waals surface area contributed by atoms with Crippen molar-refractivity contribution < 1.29 is 19.3 Å². The largest absolute Gasteiger partial charge is 0.493 e. The number of anilines is 1. The predicted octanol–water partition coefficient (Wildman–Crippen LogP) is 1.76. The van der Waals surface area contributed by atoms with Crippen molar-refractivity contribution in [2.75, 3.05) is 45.9 Å². The van der Waals surface area contributed by atoms with E-state index in [0.717, 1.165) is 18.8 Å². The molecule has 1 aromatic rings. The van der Waals surface area contributed by atoms with Gasteiger partial charge >= 0.3 is 0 Å². The Morgan fingerprint density at radius 1 is 1.26 bits per heavy atom. The molecule has 108 valence electrons. The van der Waals surface area contributed by atoms with Crippen LogP contribution in [0, 0.1) is 5.92 Å². The summed E-state index contributed by atoms with van der Waals surface area (Å²) in [7, 11) is 3.29. The molecule has 0 aliphatic carbocycles. The Labute approximate surface area is 114 Å². The van der Waals surface area contributed by atoms with Crippen molar-refractivity contribution in [1.82, 2.24) is 0 Å². The first-order valence-corrected chi connectivity index (χ1v) is 6.35. The molecule has 0 saturated carbocycles. The molecule has 5 nitrogen and oxygen atoms in total. The number of methoxy groups -OCH3 is 2. The minimum atomic E-state index is -0.0221. The lowest BCUT2D eigenvalue weighted by Gasteiger charge is -2.15. The second kappa shape index (κ2) is 8.61. The van der Waals surface area contributed by atoms with Crippen molar-refractivity contribution in [3.63, 3.8) is 0 Å². The van der Waals surface area contributed by atoms with Crippen LogP contribution in [0.1, 0.15) is 6.92 Å². The van der Waals surface area contributed by atoms with E-state index in [0.29, 0.717) is 17.4 Å². The van der Waals surface area contributed by atoms with E-state index in [1.807, 2.05) is 18.2 Å². The standard InChI is InChI=1S/C14H23NO4/c1-11(10-17-2)9-15-12-4-5-13(18-3)14(8-12)19-7-6-16/h4-5,8,11,15-16H,6-7,9-10H2,1-3H3. The van der Waals surface area contributed by atoms with Crippen LogP contribution in [0.5, 0.6) is 11.5 Å². The Bertz CT molecular complexity index is 370. The third-order valence-corrected chi connectivity index (χ3v) is 2.62. The van der Waals surface area contributed by atoms with Crippen LogP contribution >= 0.6 is 0 Å². The van der Waals surface area contributed by atoms with E-state index in [9.17, 15) is 0 Å². The van der Waals surface area contributed by atoms with Crippen molar-refractivity contribution in [2.24, 2.45) is 5.92 Å². The van der Waals surface area contributed by atoms with E-state index in [1.54, 1.807) is 14.2 Å². The fourth-order valence-electron chi connectivity index (χ4n) is 1.69. The lowest BCUT2D eigenvalue weighted by Crippen LogP contribution is -2.15. The van der Waals surface area contributed by atoms with E-state index in [-0.39, 0.29) is 13.2 Å². The average molecular weight is 269 g/mol. The summed E-state index contributed by atoms with van der Waals surface area (Å²) in [6.07, 6.45) is 0. The third-order valence-electron chi connectivity index (χ3n) is 2.62. The van der Waals surface area contributed by atoms with Gasteiger partial charge in [0.2, 0.25) is 0 Å². The van der Waals surface area contributed by atoms with Crippen LogP contribution < -0.4 is 14.8 Å². The molecule has 5 heteroatoms. The maximum absolute atomic E-state index is 8.80. The highest BCUT2D eigenvalue weighted by Crippen LogP contribution is 2.30. The Morgan fingerprint density at radius 3 is 2.68 bits per heavy atom. The number of aliphatic hydroxyl groups excluding tert-OH is 1. The molecule has 0 bridgehead atoms. The van der Waals surface area contributed by atoms with E-state index in [4.69, 9.17) is 19.3 Å². The first-order chi connectivity index (χ1) is 9.21. The Hall–Kier alpha value is -1.46. The molecule has 1 rings (SSSR count). The number of ether oxygens (including phenoxy) is 3. The zero-order valence-corrected chi connectivity index (χ0v) is 11.8. The first kappa shape index (κ1) is 15.6. The van der Waals surface area contributed by atoms with Crippen LogP contribution in [0.2, 0.25) is 0 Å². The molecule has 0 aliphatic rings. The Morgan fingerprint density at radius 2 is 2.05 bits per heavy atom. The molecular weight excluding hydrogens is 246 g/mol. The summed E-state index contributed by atoms with van der Waals surface area (Å²) in [4.78, 5) is 0. The summed E-state index contributed by atoms with van der Waals surface area (Å²) < 4.78 is 15.7. The molecule has 1 atom stereocenters. The number of benzene rings is 1. The van der Waals surface area contributed by atoms with Crippen LogP contribution in [0.15, 0.2) is 18.2 Å². The van der Waals surface area contributed by atoms with Crippen LogP contribution in [-0.2, 0) is 4.74 Å². The molecule has 0 amide bonds. The molecule has 0 spiro atoms. The SMILES string of the molecule is COCC(C)CNc1ccc(OC)c(OCCO)c1. The molecule has 0 aromatic heterocycles. The minimum absolute atomic E-state index is 0.0221. The van der Waals surface area contributed by atoms with Crippen molar-refractivity contribution in [1.29, 1.82) is 0 Å².